The molecule has 2 aromatic rings. The Kier molecular flexibility index (Phi) is 6.54. The lowest BCUT2D eigenvalue weighted by atomic mass is 10.1. The molecule has 2 aromatic carbocycles. The van der Waals surface area contributed by atoms with Gasteiger partial charge in [0.15, 0.2) is 0 Å². The fraction of sp³-hybridized carbons (Fsp3) is 0.222. The smallest absolute Gasteiger partial charge is 0.339 e. The van der Waals surface area contributed by atoms with Crippen LogP contribution in [-0.4, -0.2) is 47.5 Å². The highest BCUT2D eigenvalue weighted by atomic mass is 32.2. The van der Waals surface area contributed by atoms with Gasteiger partial charge in [-0.05, 0) is 55.3 Å². The molecule has 1 N–H and O–H groups in total. The Balaban J connectivity index is 2.60. The van der Waals surface area contributed by atoms with Gasteiger partial charge < -0.3 is 13.7 Å². The Bertz CT molecular complexity index is 1170. The second-order valence-corrected chi connectivity index (χ2v) is 9.10. The molecule has 0 aliphatic carbocycles. The topological polar surface area (TPSA) is 150 Å². The van der Waals surface area contributed by atoms with Crippen LogP contribution in [0.5, 0.6) is 5.75 Å². The van der Waals surface area contributed by atoms with Crippen molar-refractivity contribution in [1.82, 2.24) is 0 Å². The average molecular weight is 458 g/mol. The highest BCUT2D eigenvalue weighted by Gasteiger charge is 2.25. The summed E-state index contributed by atoms with van der Waals surface area (Å²) >= 11 is 0. The summed E-state index contributed by atoms with van der Waals surface area (Å²) in [4.78, 5) is 22.8. The van der Waals surface area contributed by atoms with E-state index in [0.717, 1.165) is 44.6 Å². The SMILES string of the molecule is COC(=O)c1cc(C(=O)OC)cc(S(=O)(=O)Oc2c(C)cc(S(=O)(=O)O)cc2C)c1. The number of methoxy groups -OCH3 is 2. The molecule has 0 heterocycles. The molecule has 0 fully saturated rings. The van der Waals surface area contributed by atoms with Gasteiger partial charge >= 0.3 is 22.1 Å². The number of esters is 2. The van der Waals surface area contributed by atoms with Crippen LogP contribution in [0.25, 0.3) is 0 Å². The number of rotatable bonds is 6. The predicted octanol–water partition coefficient (Wildman–Crippen LogP) is 1.89. The first-order valence-electron chi connectivity index (χ1n) is 8.15. The fourth-order valence-corrected chi connectivity index (χ4v) is 4.34. The summed E-state index contributed by atoms with van der Waals surface area (Å²) in [5.41, 5.74) is -0.220. The minimum absolute atomic E-state index is 0.114. The largest absolute Gasteiger partial charge is 0.465 e. The molecule has 0 atom stereocenters. The van der Waals surface area contributed by atoms with Crippen LogP contribution in [0.15, 0.2) is 40.1 Å². The third-order valence-electron chi connectivity index (χ3n) is 3.96. The van der Waals surface area contributed by atoms with Crippen molar-refractivity contribution < 1.29 is 44.6 Å². The number of carbonyl (C=O) groups is 2. The third kappa shape index (κ3) is 4.96. The number of aryl methyl sites for hydroxylation is 2. The van der Waals surface area contributed by atoms with Crippen LogP contribution >= 0.6 is 0 Å². The fourth-order valence-electron chi connectivity index (χ4n) is 2.56. The van der Waals surface area contributed by atoms with E-state index in [1.807, 2.05) is 0 Å². The maximum absolute atomic E-state index is 12.8. The Labute approximate surface area is 173 Å². The zero-order valence-corrected chi connectivity index (χ0v) is 18.0. The minimum Gasteiger partial charge on any atom is -0.465 e. The first kappa shape index (κ1) is 23.3. The highest BCUT2D eigenvalue weighted by molar-refractivity contribution is 7.87. The normalized spacial score (nSPS) is 11.6. The van der Waals surface area contributed by atoms with Gasteiger partial charge in [-0.15, -0.1) is 0 Å². The molecule has 0 unspecified atom stereocenters. The number of carbonyl (C=O) groups excluding carboxylic acids is 2. The number of hydrogen-bond donors (Lipinski definition) is 1. The second kappa shape index (κ2) is 8.42. The molecule has 0 bridgehead atoms. The van der Waals surface area contributed by atoms with Crippen molar-refractivity contribution in [3.05, 3.63) is 52.6 Å². The van der Waals surface area contributed by atoms with E-state index in [0.29, 0.717) is 0 Å². The molecule has 0 aliphatic heterocycles. The second-order valence-electron chi connectivity index (χ2n) is 6.13. The van der Waals surface area contributed by atoms with Crippen molar-refractivity contribution in [1.29, 1.82) is 0 Å². The molecule has 0 amide bonds. The Morgan fingerprint density at radius 3 is 1.57 bits per heavy atom. The van der Waals surface area contributed by atoms with Crippen molar-refractivity contribution in [2.24, 2.45) is 0 Å². The maximum atomic E-state index is 12.8. The van der Waals surface area contributed by atoms with E-state index in [9.17, 15) is 31.0 Å². The summed E-state index contributed by atoms with van der Waals surface area (Å²) in [5.74, 6) is -1.95. The molecule has 0 radical (unpaired) electrons. The quantitative estimate of drug-likeness (QED) is 0.386. The Morgan fingerprint density at radius 1 is 0.767 bits per heavy atom. The van der Waals surface area contributed by atoms with Crippen molar-refractivity contribution in [3.63, 3.8) is 0 Å². The molecule has 162 valence electrons. The van der Waals surface area contributed by atoms with Gasteiger partial charge in [0.1, 0.15) is 10.6 Å². The summed E-state index contributed by atoms with van der Waals surface area (Å²) in [5, 5.41) is 0. The molecule has 2 rings (SSSR count). The Hall–Kier alpha value is -2.96. The lowest BCUT2D eigenvalue weighted by Crippen LogP contribution is -2.15. The standard InChI is InChI=1S/C18H18O10S2/c1-10-5-14(29(21,22)23)6-11(2)16(10)28-30(24,25)15-8-12(17(19)26-3)7-13(9-15)18(20)27-4/h5-9H,1-4H3,(H,21,22,23). The lowest BCUT2D eigenvalue weighted by Gasteiger charge is -2.14. The van der Waals surface area contributed by atoms with E-state index in [1.165, 1.54) is 13.8 Å². The van der Waals surface area contributed by atoms with E-state index in [-0.39, 0.29) is 28.0 Å². The average Bonchev–Trinajstić information content (AvgIpc) is 2.68. The minimum atomic E-state index is -4.56. The molecular formula is C18H18O10S2. The van der Waals surface area contributed by atoms with Gasteiger partial charge in [0.2, 0.25) is 0 Å². The molecule has 0 spiro atoms. The molecule has 0 saturated carbocycles. The van der Waals surface area contributed by atoms with Crippen molar-refractivity contribution in [3.8, 4) is 5.75 Å². The van der Waals surface area contributed by atoms with Gasteiger partial charge in [-0.2, -0.15) is 16.8 Å². The van der Waals surface area contributed by atoms with E-state index >= 15 is 0 Å². The highest BCUT2D eigenvalue weighted by Crippen LogP contribution is 2.30. The number of ether oxygens (including phenoxy) is 2. The third-order valence-corrected chi connectivity index (χ3v) is 5.99. The molecule has 0 saturated heterocycles. The van der Waals surface area contributed by atoms with E-state index in [2.05, 4.69) is 9.47 Å². The first-order valence-corrected chi connectivity index (χ1v) is 11.0. The molecule has 10 nitrogen and oxygen atoms in total. The van der Waals surface area contributed by atoms with Gasteiger partial charge in [-0.25, -0.2) is 9.59 Å². The molecular weight excluding hydrogens is 440 g/mol. The summed E-state index contributed by atoms with van der Waals surface area (Å²) in [6.45, 7) is 2.77. The lowest BCUT2D eigenvalue weighted by molar-refractivity contribution is 0.0598. The summed E-state index contributed by atoms with van der Waals surface area (Å²) in [6.07, 6.45) is 0. The van der Waals surface area contributed by atoms with Crippen molar-refractivity contribution in [2.75, 3.05) is 14.2 Å². The van der Waals surface area contributed by atoms with Crippen LogP contribution < -0.4 is 4.18 Å². The van der Waals surface area contributed by atoms with Crippen molar-refractivity contribution >= 4 is 32.2 Å². The van der Waals surface area contributed by atoms with E-state index < -0.39 is 42.0 Å². The molecule has 0 aromatic heterocycles. The first-order chi connectivity index (χ1) is 13.8. The van der Waals surface area contributed by atoms with Crippen LogP contribution in [-0.2, 0) is 29.7 Å². The van der Waals surface area contributed by atoms with Crippen molar-refractivity contribution in [2.45, 2.75) is 23.6 Å². The summed E-state index contributed by atoms with van der Waals surface area (Å²) in [6, 6.07) is 5.11. The van der Waals surface area contributed by atoms with Gasteiger partial charge in [0, 0.05) is 0 Å². The summed E-state index contributed by atoms with van der Waals surface area (Å²) < 4.78 is 71.7. The molecule has 30 heavy (non-hydrogen) atoms. The van der Waals surface area contributed by atoms with Crippen LogP contribution in [0.1, 0.15) is 31.8 Å². The molecule has 12 heteroatoms. The van der Waals surface area contributed by atoms with Crippen LogP contribution in [0, 0.1) is 13.8 Å². The predicted molar refractivity (Wildman–Crippen MR) is 103 cm³/mol. The maximum Gasteiger partial charge on any atom is 0.339 e. The van der Waals surface area contributed by atoms with E-state index in [1.54, 1.807) is 0 Å². The van der Waals surface area contributed by atoms with Crippen LogP contribution in [0.2, 0.25) is 0 Å². The van der Waals surface area contributed by atoms with Gasteiger partial charge in [-0.3, -0.25) is 4.55 Å². The number of benzene rings is 2. The van der Waals surface area contributed by atoms with Gasteiger partial charge in [-0.1, -0.05) is 0 Å². The van der Waals surface area contributed by atoms with Gasteiger partial charge in [0.05, 0.1) is 30.2 Å². The summed E-state index contributed by atoms with van der Waals surface area (Å²) in [7, 11) is -6.90. The zero-order chi connectivity index (χ0) is 22.9. The van der Waals surface area contributed by atoms with E-state index in [4.69, 9.17) is 4.18 Å². The van der Waals surface area contributed by atoms with Crippen LogP contribution in [0.3, 0.4) is 0 Å². The van der Waals surface area contributed by atoms with Gasteiger partial charge in [0.25, 0.3) is 10.1 Å². The number of hydrogen-bond acceptors (Lipinski definition) is 9. The Morgan fingerprint density at radius 2 is 1.20 bits per heavy atom. The monoisotopic (exact) mass is 458 g/mol. The molecule has 0 aliphatic rings. The zero-order valence-electron chi connectivity index (χ0n) is 16.3. The van der Waals surface area contributed by atoms with Crippen LogP contribution in [0.4, 0.5) is 0 Å².